The van der Waals surface area contributed by atoms with E-state index in [1.807, 2.05) is 36.4 Å². The number of rotatable bonds is 3. The van der Waals surface area contributed by atoms with Crippen molar-refractivity contribution in [2.75, 3.05) is 0 Å². The van der Waals surface area contributed by atoms with Crippen LogP contribution in [0.3, 0.4) is 0 Å². The van der Waals surface area contributed by atoms with Crippen LogP contribution in [0, 0.1) is 5.41 Å². The van der Waals surface area contributed by atoms with Crippen molar-refractivity contribution in [3.05, 3.63) is 72.1 Å². The Labute approximate surface area is 172 Å². The highest BCUT2D eigenvalue weighted by molar-refractivity contribution is 5.97. The molecule has 8 nitrogen and oxygen atoms in total. The lowest BCUT2D eigenvalue weighted by atomic mass is 9.69. The highest BCUT2D eigenvalue weighted by Gasteiger charge is 2.44. The molecule has 3 aromatic rings. The average molecular weight is 405 g/mol. The molecule has 152 valence electrons. The van der Waals surface area contributed by atoms with E-state index in [0.29, 0.717) is 17.3 Å². The van der Waals surface area contributed by atoms with Gasteiger partial charge in [0.05, 0.1) is 11.1 Å². The SMILES string of the molecule is CC(C)(C(=O)NC(N)=O)[C@H]1c2ccccc2Oc2nc(-c3cc[n+](O)cc3)ccc21. The number of primary amides is 1. The van der Waals surface area contributed by atoms with Crippen LogP contribution >= 0.6 is 0 Å². The normalized spacial score (nSPS) is 14.8. The van der Waals surface area contributed by atoms with Crippen molar-refractivity contribution in [1.82, 2.24) is 10.3 Å². The lowest BCUT2D eigenvalue weighted by Crippen LogP contribution is -2.46. The van der Waals surface area contributed by atoms with Gasteiger partial charge in [-0.25, -0.2) is 9.78 Å². The Hall–Kier alpha value is -3.94. The molecule has 0 saturated carbocycles. The van der Waals surface area contributed by atoms with Crippen LogP contribution in [-0.4, -0.2) is 22.1 Å². The molecule has 30 heavy (non-hydrogen) atoms. The molecule has 0 saturated heterocycles. The summed E-state index contributed by atoms with van der Waals surface area (Å²) in [6.45, 7) is 3.51. The first-order chi connectivity index (χ1) is 14.3. The van der Waals surface area contributed by atoms with Crippen LogP contribution < -0.4 is 20.5 Å². The Balaban J connectivity index is 1.83. The molecule has 4 N–H and O–H groups in total. The summed E-state index contributed by atoms with van der Waals surface area (Å²) >= 11 is 0. The number of nitrogens with one attached hydrogen (secondary N) is 1. The fraction of sp³-hybridized carbons (Fsp3) is 0.182. The molecule has 0 radical (unpaired) electrons. The van der Waals surface area contributed by atoms with Crippen LogP contribution in [0.4, 0.5) is 4.79 Å². The summed E-state index contributed by atoms with van der Waals surface area (Å²) in [5.74, 6) is 0.0914. The molecule has 1 aromatic carbocycles. The van der Waals surface area contributed by atoms with Gasteiger partial charge in [0.1, 0.15) is 5.75 Å². The maximum absolute atomic E-state index is 12.8. The van der Waals surface area contributed by atoms with Gasteiger partial charge in [-0.3, -0.25) is 15.3 Å². The minimum Gasteiger partial charge on any atom is -0.438 e. The molecule has 0 fully saturated rings. The van der Waals surface area contributed by atoms with E-state index in [9.17, 15) is 14.8 Å². The number of benzene rings is 1. The van der Waals surface area contributed by atoms with E-state index >= 15 is 0 Å². The quantitative estimate of drug-likeness (QED) is 0.457. The number of para-hydroxylation sites is 1. The molecule has 1 atom stereocenters. The second-order valence-corrected chi connectivity index (χ2v) is 7.67. The summed E-state index contributed by atoms with van der Waals surface area (Å²) in [5.41, 5.74) is 7.18. The number of carbonyl (C=O) groups is 2. The summed E-state index contributed by atoms with van der Waals surface area (Å²) < 4.78 is 7.01. The summed E-state index contributed by atoms with van der Waals surface area (Å²) in [6, 6.07) is 13.7. The molecule has 3 amide bonds. The number of nitrogens with two attached hydrogens (primary N) is 1. The number of pyridine rings is 2. The van der Waals surface area contributed by atoms with Gasteiger partial charge in [0.15, 0.2) is 0 Å². The van der Waals surface area contributed by atoms with E-state index in [1.54, 1.807) is 26.0 Å². The molecule has 0 unspecified atom stereocenters. The number of hydrogen-bond acceptors (Lipinski definition) is 5. The number of nitrogens with zero attached hydrogens (tertiary/aromatic N) is 2. The van der Waals surface area contributed by atoms with E-state index in [2.05, 4.69) is 10.3 Å². The predicted octanol–water partition coefficient (Wildman–Crippen LogP) is 2.73. The van der Waals surface area contributed by atoms with E-state index in [-0.39, 0.29) is 0 Å². The van der Waals surface area contributed by atoms with Crippen molar-refractivity contribution in [3.8, 4) is 22.9 Å². The van der Waals surface area contributed by atoms with E-state index in [1.165, 1.54) is 12.4 Å². The smallest absolute Gasteiger partial charge is 0.318 e. The van der Waals surface area contributed by atoms with Gasteiger partial charge in [0.2, 0.25) is 24.2 Å². The van der Waals surface area contributed by atoms with Crippen molar-refractivity contribution < 1.29 is 24.3 Å². The lowest BCUT2D eigenvalue weighted by Gasteiger charge is -2.37. The number of imide groups is 1. The van der Waals surface area contributed by atoms with Crippen molar-refractivity contribution in [1.29, 1.82) is 0 Å². The van der Waals surface area contributed by atoms with Gasteiger partial charge in [0, 0.05) is 39.5 Å². The Kier molecular flexibility index (Phi) is 4.62. The predicted molar refractivity (Wildman–Crippen MR) is 107 cm³/mol. The zero-order valence-electron chi connectivity index (χ0n) is 16.5. The Morgan fingerprint density at radius 1 is 1.10 bits per heavy atom. The fourth-order valence-electron chi connectivity index (χ4n) is 3.77. The van der Waals surface area contributed by atoms with E-state index < -0.39 is 23.3 Å². The minimum absolute atomic E-state index is 0.386. The number of urea groups is 1. The monoisotopic (exact) mass is 405 g/mol. The van der Waals surface area contributed by atoms with Crippen LogP contribution in [0.15, 0.2) is 60.9 Å². The number of carbonyl (C=O) groups excluding carboxylic acids is 2. The third-order valence-corrected chi connectivity index (χ3v) is 5.29. The highest BCUT2D eigenvalue weighted by atomic mass is 16.5. The van der Waals surface area contributed by atoms with E-state index in [4.69, 9.17) is 10.5 Å². The molecule has 2 aromatic heterocycles. The lowest BCUT2D eigenvalue weighted by molar-refractivity contribution is -0.904. The third-order valence-electron chi connectivity index (χ3n) is 5.29. The number of fused-ring (bicyclic) bond motifs is 2. The standard InChI is InChI=1S/C22H20N4O4/c1-22(2,20(27)25-21(23)28)18-14-5-3-4-6-17(14)30-19-15(18)7-8-16(24-19)13-9-11-26(29)12-10-13/h3-12,18H,1-2H3,(H3-,23,24,25,27,28,29)/p+1/t18-/m0/s1. The van der Waals surface area contributed by atoms with Gasteiger partial charge in [0.25, 0.3) is 0 Å². The molecule has 0 bridgehead atoms. The number of aromatic nitrogens is 2. The molecular formula is C22H21N4O4+. The summed E-state index contributed by atoms with van der Waals surface area (Å²) in [7, 11) is 0. The van der Waals surface area contributed by atoms with Gasteiger partial charge in [-0.2, -0.15) is 0 Å². The zero-order valence-corrected chi connectivity index (χ0v) is 16.5. The molecule has 1 aliphatic rings. The van der Waals surface area contributed by atoms with Crippen LogP contribution in [0.25, 0.3) is 11.3 Å². The second-order valence-electron chi connectivity index (χ2n) is 7.67. The van der Waals surface area contributed by atoms with Crippen LogP contribution in [-0.2, 0) is 4.79 Å². The minimum atomic E-state index is -1.01. The fourth-order valence-corrected chi connectivity index (χ4v) is 3.77. The molecule has 0 spiro atoms. The number of amides is 3. The first-order valence-corrected chi connectivity index (χ1v) is 9.37. The molecule has 1 aliphatic heterocycles. The number of hydrogen-bond donors (Lipinski definition) is 3. The van der Waals surface area contributed by atoms with Crippen molar-refractivity contribution >= 4 is 11.9 Å². The highest BCUT2D eigenvalue weighted by Crippen LogP contribution is 2.51. The molecule has 8 heteroatoms. The summed E-state index contributed by atoms with van der Waals surface area (Å²) in [5, 5.41) is 11.6. The average Bonchev–Trinajstić information content (AvgIpc) is 2.71. The van der Waals surface area contributed by atoms with Crippen molar-refractivity contribution in [3.63, 3.8) is 0 Å². The Bertz CT molecular complexity index is 1140. The molecule has 0 aliphatic carbocycles. The first-order valence-electron chi connectivity index (χ1n) is 9.37. The van der Waals surface area contributed by atoms with E-state index in [0.717, 1.165) is 21.4 Å². The maximum Gasteiger partial charge on any atom is 0.318 e. The Morgan fingerprint density at radius 2 is 1.80 bits per heavy atom. The van der Waals surface area contributed by atoms with Gasteiger partial charge in [-0.05, 0) is 12.1 Å². The first kappa shape index (κ1) is 19.4. The Morgan fingerprint density at radius 3 is 2.50 bits per heavy atom. The van der Waals surface area contributed by atoms with Gasteiger partial charge in [-0.1, -0.05) is 38.1 Å². The summed E-state index contributed by atoms with van der Waals surface area (Å²) in [4.78, 5) is 28.8. The largest absolute Gasteiger partial charge is 0.438 e. The molecule has 4 rings (SSSR count). The van der Waals surface area contributed by atoms with Crippen LogP contribution in [0.1, 0.15) is 30.9 Å². The van der Waals surface area contributed by atoms with Crippen molar-refractivity contribution in [2.24, 2.45) is 11.1 Å². The second kappa shape index (κ2) is 7.14. The topological polar surface area (TPSA) is 118 Å². The van der Waals surface area contributed by atoms with Crippen LogP contribution in [0.2, 0.25) is 0 Å². The summed E-state index contributed by atoms with van der Waals surface area (Å²) in [6.07, 6.45) is 3.01. The molecular weight excluding hydrogens is 384 g/mol. The maximum atomic E-state index is 12.8. The van der Waals surface area contributed by atoms with Gasteiger partial charge in [-0.15, -0.1) is 0 Å². The van der Waals surface area contributed by atoms with Gasteiger partial charge < -0.3 is 10.5 Å². The molecule has 3 heterocycles. The number of ether oxygens (including phenoxy) is 1. The van der Waals surface area contributed by atoms with Crippen LogP contribution in [0.5, 0.6) is 11.6 Å². The van der Waals surface area contributed by atoms with Gasteiger partial charge >= 0.3 is 6.03 Å². The van der Waals surface area contributed by atoms with Crippen molar-refractivity contribution in [2.45, 2.75) is 19.8 Å². The zero-order chi connectivity index (χ0) is 21.5. The third kappa shape index (κ3) is 3.32.